The molecule has 5 heteroatoms. The number of amides is 1. The van der Waals surface area contributed by atoms with Crippen LogP contribution < -0.4 is 0 Å². The predicted molar refractivity (Wildman–Crippen MR) is 73.1 cm³/mol. The molecule has 1 heterocycles. The highest BCUT2D eigenvalue weighted by Crippen LogP contribution is 2.31. The van der Waals surface area contributed by atoms with Crippen LogP contribution >= 0.6 is 0 Å². The number of carbonyl (C=O) groups is 2. The molecule has 106 valence electrons. The Morgan fingerprint density at radius 1 is 1.40 bits per heavy atom. The molecule has 0 spiro atoms. The van der Waals surface area contributed by atoms with Gasteiger partial charge in [-0.3, -0.25) is 4.90 Å². The Kier molecular flexibility index (Phi) is 4.08. The molecule has 1 aliphatic heterocycles. The number of carboxylic acids is 1. The second-order valence-electron chi connectivity index (χ2n) is 4.73. The third-order valence-electron chi connectivity index (χ3n) is 3.55. The highest BCUT2D eigenvalue weighted by molar-refractivity contribution is 5.87. The quantitative estimate of drug-likeness (QED) is 0.857. The maximum atomic E-state index is 12.1. The van der Waals surface area contributed by atoms with Gasteiger partial charge in [0.1, 0.15) is 6.61 Å². The minimum Gasteiger partial charge on any atom is -0.479 e. The highest BCUT2D eigenvalue weighted by atomic mass is 16.6. The number of hydrogen-bond acceptors (Lipinski definition) is 3. The van der Waals surface area contributed by atoms with Crippen LogP contribution in [-0.2, 0) is 16.1 Å². The van der Waals surface area contributed by atoms with Crippen LogP contribution in [0.1, 0.15) is 18.4 Å². The molecule has 0 radical (unpaired) electrons. The molecule has 1 aromatic rings. The van der Waals surface area contributed by atoms with E-state index in [0.29, 0.717) is 19.4 Å². The van der Waals surface area contributed by atoms with E-state index in [9.17, 15) is 14.7 Å². The van der Waals surface area contributed by atoms with E-state index in [-0.39, 0.29) is 6.61 Å². The maximum absolute atomic E-state index is 12.1. The summed E-state index contributed by atoms with van der Waals surface area (Å²) in [6.45, 7) is 4.05. The first-order chi connectivity index (χ1) is 9.60. The maximum Gasteiger partial charge on any atom is 0.411 e. The lowest BCUT2D eigenvalue weighted by atomic mass is 9.97. The standard InChI is InChI=1S/C15H17NO4/c1-2-15(13(17)18)9-6-10-16(15)14(19)20-11-12-7-4-3-5-8-12/h2-5,7-8H,1,6,9-11H2,(H,17,18)/t15-/m0/s1. The van der Waals surface area contributed by atoms with Crippen molar-refractivity contribution in [3.63, 3.8) is 0 Å². The molecule has 1 aromatic carbocycles. The van der Waals surface area contributed by atoms with E-state index in [2.05, 4.69) is 6.58 Å². The molecule has 5 nitrogen and oxygen atoms in total. The fraction of sp³-hybridized carbons (Fsp3) is 0.333. The molecule has 0 saturated carbocycles. The van der Waals surface area contributed by atoms with Crippen molar-refractivity contribution in [2.75, 3.05) is 6.54 Å². The van der Waals surface area contributed by atoms with Crippen LogP contribution in [-0.4, -0.2) is 34.2 Å². The Morgan fingerprint density at radius 3 is 2.70 bits per heavy atom. The van der Waals surface area contributed by atoms with E-state index in [1.54, 1.807) is 0 Å². The molecular weight excluding hydrogens is 258 g/mol. The molecule has 1 fully saturated rings. The highest BCUT2D eigenvalue weighted by Gasteiger charge is 2.48. The van der Waals surface area contributed by atoms with Crippen LogP contribution in [0.15, 0.2) is 43.0 Å². The van der Waals surface area contributed by atoms with Crippen molar-refractivity contribution in [3.8, 4) is 0 Å². The first kappa shape index (κ1) is 14.1. The van der Waals surface area contributed by atoms with Gasteiger partial charge in [0.05, 0.1) is 0 Å². The van der Waals surface area contributed by atoms with Crippen LogP contribution in [0.5, 0.6) is 0 Å². The number of aliphatic carboxylic acids is 1. The Morgan fingerprint density at radius 2 is 2.10 bits per heavy atom. The summed E-state index contributed by atoms with van der Waals surface area (Å²) < 4.78 is 5.20. The number of rotatable bonds is 4. The molecule has 0 unspecified atom stereocenters. The summed E-state index contributed by atoms with van der Waals surface area (Å²) in [5.74, 6) is -1.07. The summed E-state index contributed by atoms with van der Waals surface area (Å²) >= 11 is 0. The number of likely N-dealkylation sites (tertiary alicyclic amines) is 1. The van der Waals surface area contributed by atoms with Gasteiger partial charge < -0.3 is 9.84 Å². The van der Waals surface area contributed by atoms with Crippen LogP contribution in [0.25, 0.3) is 0 Å². The molecule has 1 N–H and O–H groups in total. The third kappa shape index (κ3) is 2.52. The summed E-state index contributed by atoms with van der Waals surface area (Å²) in [5, 5.41) is 9.35. The van der Waals surface area contributed by atoms with E-state index in [1.807, 2.05) is 30.3 Å². The summed E-state index contributed by atoms with van der Waals surface area (Å²) in [6, 6.07) is 9.26. The van der Waals surface area contributed by atoms with E-state index in [1.165, 1.54) is 11.0 Å². The molecule has 1 aliphatic rings. The summed E-state index contributed by atoms with van der Waals surface area (Å²) in [6.07, 6.45) is 1.69. The predicted octanol–water partition coefficient (Wildman–Crippen LogP) is 2.43. The first-order valence-corrected chi connectivity index (χ1v) is 6.45. The molecule has 1 atom stereocenters. The molecule has 0 aliphatic carbocycles. The largest absolute Gasteiger partial charge is 0.479 e. The van der Waals surface area contributed by atoms with Gasteiger partial charge in [-0.15, -0.1) is 6.58 Å². The molecule has 0 bridgehead atoms. The summed E-state index contributed by atoms with van der Waals surface area (Å²) in [4.78, 5) is 24.8. The molecular formula is C15H17NO4. The van der Waals surface area contributed by atoms with Crippen molar-refractivity contribution in [1.82, 2.24) is 4.90 Å². The topological polar surface area (TPSA) is 66.8 Å². The molecule has 1 amide bonds. The Balaban J connectivity index is 2.05. The number of ether oxygens (including phenoxy) is 1. The van der Waals surface area contributed by atoms with Crippen LogP contribution in [0, 0.1) is 0 Å². The fourth-order valence-electron chi connectivity index (χ4n) is 2.41. The molecule has 2 rings (SSSR count). The second-order valence-corrected chi connectivity index (χ2v) is 4.73. The zero-order valence-corrected chi connectivity index (χ0v) is 11.1. The number of carboxylic acid groups (broad SMARTS) is 1. The Bertz CT molecular complexity index is 514. The monoisotopic (exact) mass is 275 g/mol. The average Bonchev–Trinajstić information content (AvgIpc) is 2.91. The van der Waals surface area contributed by atoms with E-state index >= 15 is 0 Å². The molecule has 0 aromatic heterocycles. The number of hydrogen-bond donors (Lipinski definition) is 1. The van der Waals surface area contributed by atoms with Gasteiger partial charge in [-0.05, 0) is 18.4 Å². The van der Waals surface area contributed by atoms with Crippen molar-refractivity contribution in [1.29, 1.82) is 0 Å². The van der Waals surface area contributed by atoms with Crippen LogP contribution in [0.2, 0.25) is 0 Å². The number of benzene rings is 1. The Hall–Kier alpha value is -2.30. The lowest BCUT2D eigenvalue weighted by Crippen LogP contribution is -2.51. The lowest BCUT2D eigenvalue weighted by Gasteiger charge is -2.30. The van der Waals surface area contributed by atoms with Gasteiger partial charge in [-0.25, -0.2) is 9.59 Å². The van der Waals surface area contributed by atoms with E-state index in [0.717, 1.165) is 5.56 Å². The van der Waals surface area contributed by atoms with Gasteiger partial charge in [0.25, 0.3) is 0 Å². The molecule has 20 heavy (non-hydrogen) atoms. The summed E-state index contributed by atoms with van der Waals surface area (Å²) in [5.41, 5.74) is -0.479. The minimum absolute atomic E-state index is 0.128. The zero-order chi connectivity index (χ0) is 14.6. The summed E-state index contributed by atoms with van der Waals surface area (Å²) in [7, 11) is 0. The van der Waals surface area contributed by atoms with Gasteiger partial charge in [-0.1, -0.05) is 36.4 Å². The van der Waals surface area contributed by atoms with Crippen molar-refractivity contribution >= 4 is 12.1 Å². The van der Waals surface area contributed by atoms with Crippen molar-refractivity contribution in [3.05, 3.63) is 48.6 Å². The van der Waals surface area contributed by atoms with Gasteiger partial charge in [0.2, 0.25) is 0 Å². The normalized spacial score (nSPS) is 21.5. The van der Waals surface area contributed by atoms with Crippen molar-refractivity contribution in [2.24, 2.45) is 0 Å². The number of carbonyl (C=O) groups excluding carboxylic acids is 1. The molecule has 1 saturated heterocycles. The number of nitrogens with zero attached hydrogens (tertiary/aromatic N) is 1. The minimum atomic E-state index is -1.34. The third-order valence-corrected chi connectivity index (χ3v) is 3.55. The first-order valence-electron chi connectivity index (χ1n) is 6.45. The smallest absolute Gasteiger partial charge is 0.411 e. The van der Waals surface area contributed by atoms with Crippen molar-refractivity contribution < 1.29 is 19.4 Å². The van der Waals surface area contributed by atoms with E-state index < -0.39 is 17.6 Å². The Labute approximate surface area is 117 Å². The van der Waals surface area contributed by atoms with Gasteiger partial charge in [0, 0.05) is 6.54 Å². The van der Waals surface area contributed by atoms with Gasteiger partial charge >= 0.3 is 12.1 Å². The average molecular weight is 275 g/mol. The SMILES string of the molecule is C=C[C@@]1(C(=O)O)CCCN1C(=O)OCc1ccccc1. The van der Waals surface area contributed by atoms with Crippen LogP contribution in [0.3, 0.4) is 0 Å². The zero-order valence-electron chi connectivity index (χ0n) is 11.1. The van der Waals surface area contributed by atoms with E-state index in [4.69, 9.17) is 4.74 Å². The van der Waals surface area contributed by atoms with Crippen molar-refractivity contribution in [2.45, 2.75) is 25.0 Å². The van der Waals surface area contributed by atoms with Gasteiger partial charge in [-0.2, -0.15) is 0 Å². The second kappa shape index (κ2) is 5.77. The lowest BCUT2D eigenvalue weighted by molar-refractivity contribution is -0.146. The fourth-order valence-corrected chi connectivity index (χ4v) is 2.41. The van der Waals surface area contributed by atoms with Crippen LogP contribution in [0.4, 0.5) is 4.79 Å². The van der Waals surface area contributed by atoms with Gasteiger partial charge in [0.15, 0.2) is 5.54 Å².